The van der Waals surface area contributed by atoms with Gasteiger partial charge in [-0.2, -0.15) is 26.3 Å². The molecule has 0 aliphatic heterocycles. The molecule has 0 unspecified atom stereocenters. The van der Waals surface area contributed by atoms with Gasteiger partial charge in [-0.25, -0.2) is 0 Å². The van der Waals surface area contributed by atoms with Crippen LogP contribution in [0.15, 0.2) is 48.5 Å². The highest BCUT2D eigenvalue weighted by Gasteiger charge is 2.72. The molecule has 0 aliphatic rings. The van der Waals surface area contributed by atoms with Gasteiger partial charge in [0.1, 0.15) is 0 Å². The SMILES string of the molecule is Cc1ccc(C(c2ccccc2)(C(F)(F)F)C(F)(F)F)c(C)c1. The molecule has 0 saturated heterocycles. The lowest BCUT2D eigenvalue weighted by Crippen LogP contribution is -2.55. The Bertz CT molecular complexity index is 668. The molecule has 0 radical (unpaired) electrons. The van der Waals surface area contributed by atoms with Crippen LogP contribution in [0.1, 0.15) is 22.3 Å². The first kappa shape index (κ1) is 17.4. The number of halogens is 6. The van der Waals surface area contributed by atoms with E-state index in [1.165, 1.54) is 37.3 Å². The molecule has 0 fully saturated rings. The summed E-state index contributed by atoms with van der Waals surface area (Å²) in [6, 6.07) is 8.94. The lowest BCUT2D eigenvalue weighted by atomic mass is 9.71. The van der Waals surface area contributed by atoms with Crippen molar-refractivity contribution in [3.05, 3.63) is 70.8 Å². The second-order valence-corrected chi connectivity index (χ2v) is 5.43. The molecule has 0 bridgehead atoms. The van der Waals surface area contributed by atoms with E-state index < -0.39 is 28.9 Å². The fraction of sp³-hybridized carbons (Fsp3) is 0.294. The van der Waals surface area contributed by atoms with Crippen LogP contribution < -0.4 is 0 Å². The van der Waals surface area contributed by atoms with Crippen molar-refractivity contribution in [2.45, 2.75) is 31.6 Å². The molecule has 6 heteroatoms. The van der Waals surface area contributed by atoms with Gasteiger partial charge in [0.25, 0.3) is 0 Å². The molecule has 0 amide bonds. The van der Waals surface area contributed by atoms with Gasteiger partial charge in [0.15, 0.2) is 0 Å². The predicted molar refractivity (Wildman–Crippen MR) is 75.2 cm³/mol. The maximum atomic E-state index is 13.8. The molecule has 124 valence electrons. The average molecular weight is 332 g/mol. The zero-order chi connectivity index (χ0) is 17.5. The molecule has 2 aromatic rings. The van der Waals surface area contributed by atoms with Gasteiger partial charge >= 0.3 is 12.4 Å². The van der Waals surface area contributed by atoms with E-state index in [0.29, 0.717) is 5.56 Å². The van der Waals surface area contributed by atoms with Crippen LogP contribution in [-0.4, -0.2) is 12.4 Å². The molecule has 2 rings (SSSR count). The number of hydrogen-bond donors (Lipinski definition) is 0. The lowest BCUT2D eigenvalue weighted by molar-refractivity contribution is -0.288. The van der Waals surface area contributed by atoms with Crippen LogP contribution in [0.5, 0.6) is 0 Å². The molecular formula is C17H14F6. The first-order valence-corrected chi connectivity index (χ1v) is 6.78. The van der Waals surface area contributed by atoms with Gasteiger partial charge in [-0.3, -0.25) is 0 Å². The Morgan fingerprint density at radius 2 is 1.22 bits per heavy atom. The molecule has 0 spiro atoms. The minimum absolute atomic E-state index is 0.0523. The third-order valence-corrected chi connectivity index (χ3v) is 3.84. The Balaban J connectivity index is 2.95. The number of hydrogen-bond acceptors (Lipinski definition) is 0. The van der Waals surface area contributed by atoms with Crippen molar-refractivity contribution in [3.8, 4) is 0 Å². The quantitative estimate of drug-likeness (QED) is 0.618. The van der Waals surface area contributed by atoms with Gasteiger partial charge in [-0.05, 0) is 30.5 Å². The summed E-state index contributed by atoms with van der Waals surface area (Å²) < 4.78 is 82.8. The van der Waals surface area contributed by atoms with Crippen molar-refractivity contribution in [2.24, 2.45) is 0 Å². The van der Waals surface area contributed by atoms with Gasteiger partial charge in [-0.15, -0.1) is 0 Å². The summed E-state index contributed by atoms with van der Waals surface area (Å²) in [7, 11) is 0. The van der Waals surface area contributed by atoms with Gasteiger partial charge in [0.05, 0.1) is 0 Å². The van der Waals surface area contributed by atoms with E-state index in [0.717, 1.165) is 18.2 Å². The highest BCUT2D eigenvalue weighted by Crippen LogP contribution is 2.56. The Kier molecular flexibility index (Phi) is 4.22. The van der Waals surface area contributed by atoms with E-state index in [1.807, 2.05) is 0 Å². The summed E-state index contributed by atoms with van der Waals surface area (Å²) >= 11 is 0. The first-order chi connectivity index (χ1) is 10.5. The largest absolute Gasteiger partial charge is 0.411 e. The fourth-order valence-electron chi connectivity index (χ4n) is 2.87. The van der Waals surface area contributed by atoms with Crippen molar-refractivity contribution in [1.29, 1.82) is 0 Å². The molecule has 0 N–H and O–H groups in total. The Morgan fingerprint density at radius 3 is 1.65 bits per heavy atom. The Morgan fingerprint density at radius 1 is 0.696 bits per heavy atom. The summed E-state index contributed by atoms with van der Waals surface area (Å²) in [6.07, 6.45) is -11.1. The van der Waals surface area contributed by atoms with E-state index in [1.54, 1.807) is 6.92 Å². The maximum Gasteiger partial charge on any atom is 0.411 e. The van der Waals surface area contributed by atoms with E-state index in [2.05, 4.69) is 0 Å². The lowest BCUT2D eigenvalue weighted by Gasteiger charge is -2.39. The summed E-state index contributed by atoms with van der Waals surface area (Å²) in [4.78, 5) is 0. The monoisotopic (exact) mass is 332 g/mol. The van der Waals surface area contributed by atoms with Crippen molar-refractivity contribution in [1.82, 2.24) is 0 Å². The van der Waals surface area contributed by atoms with Crippen LogP contribution in [0.4, 0.5) is 26.3 Å². The molecule has 2 aromatic carbocycles. The van der Waals surface area contributed by atoms with E-state index >= 15 is 0 Å². The molecule has 0 aromatic heterocycles. The highest BCUT2D eigenvalue weighted by molar-refractivity contribution is 5.48. The Hall–Kier alpha value is -1.98. The fourth-order valence-corrected chi connectivity index (χ4v) is 2.87. The standard InChI is InChI=1S/C17H14F6/c1-11-8-9-14(12(2)10-11)15(16(18,19)20,17(21,22)23)13-6-4-3-5-7-13/h3-10H,1-2H3. The van der Waals surface area contributed by atoms with E-state index in [4.69, 9.17) is 0 Å². The van der Waals surface area contributed by atoms with Gasteiger partial charge in [-0.1, -0.05) is 54.1 Å². The smallest absolute Gasteiger partial charge is 0.169 e. The van der Waals surface area contributed by atoms with E-state index in [9.17, 15) is 26.3 Å². The molecule has 0 aliphatic carbocycles. The second-order valence-electron chi connectivity index (χ2n) is 5.43. The zero-order valence-corrected chi connectivity index (χ0v) is 12.4. The topological polar surface area (TPSA) is 0 Å². The number of alkyl halides is 6. The normalized spacial score (nSPS) is 13.2. The minimum Gasteiger partial charge on any atom is -0.169 e. The van der Waals surface area contributed by atoms with Gasteiger partial charge < -0.3 is 0 Å². The highest BCUT2D eigenvalue weighted by atomic mass is 19.4. The van der Waals surface area contributed by atoms with Crippen molar-refractivity contribution < 1.29 is 26.3 Å². The average Bonchev–Trinajstić information content (AvgIpc) is 2.40. The second kappa shape index (κ2) is 5.58. The third kappa shape index (κ3) is 2.71. The molecule has 23 heavy (non-hydrogen) atoms. The van der Waals surface area contributed by atoms with Crippen LogP contribution >= 0.6 is 0 Å². The molecule has 0 saturated carbocycles. The Labute approximate surface area is 129 Å². The maximum absolute atomic E-state index is 13.8. The van der Waals surface area contributed by atoms with Crippen LogP contribution in [0.25, 0.3) is 0 Å². The number of benzene rings is 2. The minimum atomic E-state index is -5.54. The molecule has 0 nitrogen and oxygen atoms in total. The summed E-state index contributed by atoms with van der Waals surface area (Å²) in [6.45, 7) is 2.87. The first-order valence-electron chi connectivity index (χ1n) is 6.78. The van der Waals surface area contributed by atoms with Crippen LogP contribution in [0, 0.1) is 13.8 Å². The summed E-state index contributed by atoms with van der Waals surface area (Å²) in [5.41, 5.74) is -5.15. The predicted octanol–water partition coefficient (Wildman–Crippen LogP) is 5.71. The zero-order valence-electron chi connectivity index (χ0n) is 12.4. The van der Waals surface area contributed by atoms with Crippen molar-refractivity contribution in [3.63, 3.8) is 0 Å². The van der Waals surface area contributed by atoms with Crippen LogP contribution in [0.2, 0.25) is 0 Å². The van der Waals surface area contributed by atoms with E-state index in [-0.39, 0.29) is 5.56 Å². The molecule has 0 heterocycles. The van der Waals surface area contributed by atoms with Crippen LogP contribution in [-0.2, 0) is 5.41 Å². The molecule has 0 atom stereocenters. The number of rotatable bonds is 2. The molecular weight excluding hydrogens is 318 g/mol. The third-order valence-electron chi connectivity index (χ3n) is 3.84. The van der Waals surface area contributed by atoms with Crippen molar-refractivity contribution >= 4 is 0 Å². The van der Waals surface area contributed by atoms with Crippen LogP contribution in [0.3, 0.4) is 0 Å². The summed E-state index contributed by atoms with van der Waals surface area (Å²) in [5.74, 6) is 0. The van der Waals surface area contributed by atoms with Gasteiger partial charge in [0, 0.05) is 0 Å². The van der Waals surface area contributed by atoms with Crippen molar-refractivity contribution in [2.75, 3.05) is 0 Å². The summed E-state index contributed by atoms with van der Waals surface area (Å²) in [5, 5.41) is 0. The number of aryl methyl sites for hydroxylation is 2. The van der Waals surface area contributed by atoms with Gasteiger partial charge in [0.2, 0.25) is 5.41 Å².